The minimum Gasteiger partial charge on any atom is -0.496 e. The summed E-state index contributed by atoms with van der Waals surface area (Å²) in [6, 6.07) is 10.5. The number of ether oxygens (including phenoxy) is 1. The summed E-state index contributed by atoms with van der Waals surface area (Å²) in [5, 5.41) is 1.39. The zero-order valence-corrected chi connectivity index (χ0v) is 12.5. The van der Waals surface area contributed by atoms with E-state index in [-0.39, 0.29) is 4.90 Å². The van der Waals surface area contributed by atoms with Gasteiger partial charge in [-0.05, 0) is 19.1 Å². The van der Waals surface area contributed by atoms with Gasteiger partial charge in [0.05, 0.1) is 12.0 Å². The molecule has 5 nitrogen and oxygen atoms in total. The lowest BCUT2D eigenvalue weighted by atomic mass is 10.1. The minimum atomic E-state index is -3.68. The highest BCUT2D eigenvalue weighted by molar-refractivity contribution is 7.90. The van der Waals surface area contributed by atoms with E-state index >= 15 is 0 Å². The van der Waals surface area contributed by atoms with Crippen LogP contribution in [-0.2, 0) is 10.0 Å². The summed E-state index contributed by atoms with van der Waals surface area (Å²) in [5.74, 6) is 1.07. The molecule has 0 bridgehead atoms. The maximum atomic E-state index is 12.8. The largest absolute Gasteiger partial charge is 0.496 e. The van der Waals surface area contributed by atoms with Gasteiger partial charge in [-0.25, -0.2) is 17.4 Å². The first-order chi connectivity index (χ1) is 10.1. The van der Waals surface area contributed by atoms with E-state index in [9.17, 15) is 8.42 Å². The fraction of sp³-hybridized carbons (Fsp3) is 0.133. The normalized spacial score (nSPS) is 11.7. The van der Waals surface area contributed by atoms with Crippen LogP contribution in [0.25, 0.3) is 10.8 Å². The van der Waals surface area contributed by atoms with Crippen LogP contribution in [0.3, 0.4) is 0 Å². The molecule has 0 atom stereocenters. The Labute approximate surface area is 122 Å². The molecule has 6 heteroatoms. The molecule has 0 amide bonds. The number of benzene rings is 2. The molecule has 0 saturated heterocycles. The van der Waals surface area contributed by atoms with E-state index in [0.29, 0.717) is 17.0 Å². The Morgan fingerprint density at radius 1 is 1.10 bits per heavy atom. The van der Waals surface area contributed by atoms with Gasteiger partial charge in [-0.1, -0.05) is 24.3 Å². The SMILES string of the molecule is COc1ccc(S(=O)(=O)n2ccnc2C)c2ccccc12. The zero-order valence-electron chi connectivity index (χ0n) is 11.6. The van der Waals surface area contributed by atoms with Crippen LogP contribution < -0.4 is 4.74 Å². The van der Waals surface area contributed by atoms with Gasteiger partial charge in [-0.15, -0.1) is 0 Å². The maximum Gasteiger partial charge on any atom is 0.269 e. The third-order valence-electron chi connectivity index (χ3n) is 3.38. The van der Waals surface area contributed by atoms with Gasteiger partial charge < -0.3 is 4.74 Å². The highest BCUT2D eigenvalue weighted by Crippen LogP contribution is 2.31. The van der Waals surface area contributed by atoms with Crippen molar-refractivity contribution in [1.29, 1.82) is 0 Å². The monoisotopic (exact) mass is 302 g/mol. The first-order valence-corrected chi connectivity index (χ1v) is 7.81. The molecule has 0 saturated carbocycles. The van der Waals surface area contributed by atoms with Crippen LogP contribution in [0, 0.1) is 6.92 Å². The van der Waals surface area contributed by atoms with Crippen molar-refractivity contribution in [3.63, 3.8) is 0 Å². The number of methoxy groups -OCH3 is 1. The van der Waals surface area contributed by atoms with E-state index in [1.165, 1.54) is 16.4 Å². The number of rotatable bonds is 3. The number of imidazole rings is 1. The Bertz CT molecular complexity index is 914. The summed E-state index contributed by atoms with van der Waals surface area (Å²) >= 11 is 0. The van der Waals surface area contributed by atoms with Crippen molar-refractivity contribution in [3.05, 3.63) is 54.6 Å². The second-order valence-electron chi connectivity index (χ2n) is 4.59. The van der Waals surface area contributed by atoms with E-state index in [4.69, 9.17) is 4.74 Å². The van der Waals surface area contributed by atoms with Crippen molar-refractivity contribution in [3.8, 4) is 5.75 Å². The van der Waals surface area contributed by atoms with Gasteiger partial charge >= 0.3 is 0 Å². The molecule has 0 aliphatic heterocycles. The van der Waals surface area contributed by atoms with Crippen molar-refractivity contribution in [2.24, 2.45) is 0 Å². The fourth-order valence-electron chi connectivity index (χ4n) is 2.37. The maximum absolute atomic E-state index is 12.8. The molecule has 1 heterocycles. The van der Waals surface area contributed by atoms with Crippen molar-refractivity contribution in [1.82, 2.24) is 8.96 Å². The van der Waals surface area contributed by atoms with Crippen LogP contribution in [0.2, 0.25) is 0 Å². The van der Waals surface area contributed by atoms with Crippen LogP contribution in [0.15, 0.2) is 53.7 Å². The molecule has 0 spiro atoms. The van der Waals surface area contributed by atoms with Gasteiger partial charge in [0.15, 0.2) is 0 Å². The first kappa shape index (κ1) is 13.6. The predicted molar refractivity (Wildman–Crippen MR) is 80.0 cm³/mol. The molecule has 3 rings (SSSR count). The number of nitrogens with zero attached hydrogens (tertiary/aromatic N) is 2. The molecule has 0 fully saturated rings. The topological polar surface area (TPSA) is 61.2 Å². The Morgan fingerprint density at radius 3 is 2.43 bits per heavy atom. The van der Waals surface area contributed by atoms with Crippen molar-refractivity contribution >= 4 is 20.8 Å². The Hall–Kier alpha value is -2.34. The van der Waals surface area contributed by atoms with Gasteiger partial charge in [-0.2, -0.15) is 0 Å². The lowest BCUT2D eigenvalue weighted by Crippen LogP contribution is -2.14. The first-order valence-electron chi connectivity index (χ1n) is 6.37. The molecule has 21 heavy (non-hydrogen) atoms. The van der Waals surface area contributed by atoms with E-state index in [0.717, 1.165) is 5.39 Å². The summed E-state index contributed by atoms with van der Waals surface area (Å²) in [6.07, 6.45) is 2.92. The molecule has 108 valence electrons. The highest BCUT2D eigenvalue weighted by atomic mass is 32.2. The van der Waals surface area contributed by atoms with Crippen LogP contribution in [0.4, 0.5) is 0 Å². The van der Waals surface area contributed by atoms with Gasteiger partial charge in [0.2, 0.25) is 0 Å². The van der Waals surface area contributed by atoms with Crippen LogP contribution in [0.5, 0.6) is 5.75 Å². The van der Waals surface area contributed by atoms with E-state index < -0.39 is 10.0 Å². The Balaban J connectivity index is 2.34. The van der Waals surface area contributed by atoms with Gasteiger partial charge in [0.25, 0.3) is 10.0 Å². The Kier molecular flexibility index (Phi) is 3.17. The summed E-state index contributed by atoms with van der Waals surface area (Å²) in [5.41, 5.74) is 0. The standard InChI is InChI=1S/C15H14N2O3S/c1-11-16-9-10-17(11)21(18,19)15-8-7-14(20-2)12-5-3-4-6-13(12)15/h3-10H,1-2H3. The quantitative estimate of drug-likeness (QED) is 0.746. The number of fused-ring (bicyclic) bond motifs is 1. The summed E-state index contributed by atoms with van der Waals surface area (Å²) in [6.45, 7) is 1.66. The lowest BCUT2D eigenvalue weighted by Gasteiger charge is -2.12. The molecule has 3 aromatic rings. The number of aromatic nitrogens is 2. The number of hydrogen-bond acceptors (Lipinski definition) is 4. The van der Waals surface area contributed by atoms with Gasteiger partial charge in [0, 0.05) is 23.2 Å². The molecule has 0 radical (unpaired) electrons. The average molecular weight is 302 g/mol. The highest BCUT2D eigenvalue weighted by Gasteiger charge is 2.22. The molecule has 0 N–H and O–H groups in total. The third-order valence-corrected chi connectivity index (χ3v) is 5.20. The summed E-state index contributed by atoms with van der Waals surface area (Å²) in [7, 11) is -2.11. The minimum absolute atomic E-state index is 0.236. The van der Waals surface area contributed by atoms with Crippen molar-refractivity contribution < 1.29 is 13.2 Å². The molecule has 2 aromatic carbocycles. The van der Waals surface area contributed by atoms with Crippen LogP contribution >= 0.6 is 0 Å². The molecule has 0 aliphatic rings. The molecule has 0 unspecified atom stereocenters. The van der Waals surface area contributed by atoms with E-state index in [1.807, 2.05) is 18.2 Å². The summed E-state index contributed by atoms with van der Waals surface area (Å²) in [4.78, 5) is 4.22. The molecule has 0 aliphatic carbocycles. The molecular weight excluding hydrogens is 288 g/mol. The smallest absolute Gasteiger partial charge is 0.269 e. The van der Waals surface area contributed by atoms with Crippen LogP contribution in [0.1, 0.15) is 5.82 Å². The van der Waals surface area contributed by atoms with Crippen molar-refractivity contribution in [2.45, 2.75) is 11.8 Å². The lowest BCUT2D eigenvalue weighted by molar-refractivity contribution is 0.419. The zero-order chi connectivity index (χ0) is 15.0. The van der Waals surface area contributed by atoms with Gasteiger partial charge in [-0.3, -0.25) is 0 Å². The van der Waals surface area contributed by atoms with Crippen LogP contribution in [-0.4, -0.2) is 24.5 Å². The Morgan fingerprint density at radius 2 is 1.81 bits per heavy atom. The third kappa shape index (κ3) is 2.08. The van der Waals surface area contributed by atoms with Crippen molar-refractivity contribution in [2.75, 3.05) is 7.11 Å². The molecule has 1 aromatic heterocycles. The fourth-order valence-corrected chi connectivity index (χ4v) is 3.89. The summed E-state index contributed by atoms with van der Waals surface area (Å²) < 4.78 is 32.1. The predicted octanol–water partition coefficient (Wildman–Crippen LogP) is 2.59. The van der Waals surface area contributed by atoms with E-state index in [2.05, 4.69) is 4.98 Å². The number of aryl methyl sites for hydroxylation is 1. The average Bonchev–Trinajstić information content (AvgIpc) is 2.93. The second-order valence-corrected chi connectivity index (χ2v) is 6.37. The van der Waals surface area contributed by atoms with E-state index in [1.54, 1.807) is 32.2 Å². The second kappa shape index (κ2) is 4.89. The van der Waals surface area contributed by atoms with Gasteiger partial charge in [0.1, 0.15) is 11.6 Å². The number of hydrogen-bond donors (Lipinski definition) is 0. The molecular formula is C15H14N2O3S.